The van der Waals surface area contributed by atoms with E-state index in [2.05, 4.69) is 11.5 Å². The molecule has 0 bridgehead atoms. The highest BCUT2D eigenvalue weighted by atomic mass is 17.1. The van der Waals surface area contributed by atoms with Gasteiger partial charge in [-0.2, -0.15) is 0 Å². The zero-order chi connectivity index (χ0) is 12.0. The Labute approximate surface area is 95.9 Å². The third-order valence-corrected chi connectivity index (χ3v) is 3.38. The molecular weight excluding hydrogens is 208 g/mol. The summed E-state index contributed by atoms with van der Waals surface area (Å²) in [5, 5.41) is 17.0. The highest BCUT2D eigenvalue weighted by Crippen LogP contribution is 2.34. The molecule has 1 aliphatic rings. The van der Waals surface area contributed by atoms with E-state index in [4.69, 9.17) is 10.4 Å². The molecule has 0 aliphatic heterocycles. The predicted octanol–water partition coefficient (Wildman–Crippen LogP) is 3.05. The fourth-order valence-corrected chi connectivity index (χ4v) is 2.41. The first-order valence-electron chi connectivity index (χ1n) is 5.82. The van der Waals surface area contributed by atoms with Crippen LogP contribution in [0.2, 0.25) is 0 Å². The monoisotopic (exact) mass is 228 g/mol. The van der Waals surface area contributed by atoms with Gasteiger partial charge in [0.15, 0.2) is 0 Å². The molecule has 0 heterocycles. The number of hydrogen-bond acceptors (Lipinski definition) is 3. The van der Waals surface area contributed by atoms with Gasteiger partial charge in [-0.15, -0.1) is 0 Å². The van der Waals surface area contributed by atoms with Crippen LogP contribution in [0.4, 0.5) is 0 Å². The van der Waals surface area contributed by atoms with Crippen LogP contribution in [0.1, 0.15) is 44.9 Å². The van der Waals surface area contributed by atoms with E-state index in [0.717, 1.165) is 32.1 Å². The van der Waals surface area contributed by atoms with Crippen molar-refractivity contribution in [3.8, 4) is 0 Å². The van der Waals surface area contributed by atoms with Crippen molar-refractivity contribution >= 4 is 5.97 Å². The zero-order valence-electron chi connectivity index (χ0n) is 9.52. The van der Waals surface area contributed by atoms with Crippen molar-refractivity contribution in [2.45, 2.75) is 44.9 Å². The van der Waals surface area contributed by atoms with Crippen molar-refractivity contribution in [1.29, 1.82) is 0 Å². The Balaban J connectivity index is 2.18. The van der Waals surface area contributed by atoms with Crippen LogP contribution in [0.15, 0.2) is 12.3 Å². The number of aliphatic carboxylic acids is 1. The standard InChI is InChI=1S/C12H20O4/c1-9(16-15)8-11-4-2-10(3-5-11)6-7-12(13)14/h10-11,15H,1-8H2,(H,13,14). The van der Waals surface area contributed by atoms with Gasteiger partial charge in [0.2, 0.25) is 0 Å². The zero-order valence-corrected chi connectivity index (χ0v) is 9.52. The number of rotatable bonds is 6. The highest BCUT2D eigenvalue weighted by Gasteiger charge is 2.22. The van der Waals surface area contributed by atoms with Gasteiger partial charge in [-0.1, -0.05) is 19.4 Å². The molecule has 92 valence electrons. The van der Waals surface area contributed by atoms with Gasteiger partial charge < -0.3 is 9.99 Å². The van der Waals surface area contributed by atoms with Gasteiger partial charge in [-0.05, 0) is 31.1 Å². The summed E-state index contributed by atoms with van der Waals surface area (Å²) < 4.78 is 0. The van der Waals surface area contributed by atoms with Crippen LogP contribution in [0.25, 0.3) is 0 Å². The predicted molar refractivity (Wildman–Crippen MR) is 59.8 cm³/mol. The van der Waals surface area contributed by atoms with Crippen molar-refractivity contribution in [3.05, 3.63) is 12.3 Å². The van der Waals surface area contributed by atoms with Crippen LogP contribution < -0.4 is 0 Å². The summed E-state index contributed by atoms with van der Waals surface area (Å²) >= 11 is 0. The first kappa shape index (κ1) is 13.0. The summed E-state index contributed by atoms with van der Waals surface area (Å²) in [4.78, 5) is 14.5. The fourth-order valence-electron chi connectivity index (χ4n) is 2.41. The Bertz CT molecular complexity index is 241. The quantitative estimate of drug-likeness (QED) is 0.416. The Morgan fingerprint density at radius 1 is 1.25 bits per heavy atom. The fraction of sp³-hybridized carbons (Fsp3) is 0.750. The molecule has 0 aromatic rings. The van der Waals surface area contributed by atoms with Crippen molar-refractivity contribution in [3.63, 3.8) is 0 Å². The van der Waals surface area contributed by atoms with Crippen molar-refractivity contribution < 1.29 is 20.0 Å². The van der Waals surface area contributed by atoms with Gasteiger partial charge in [0.25, 0.3) is 0 Å². The number of carboxylic acids is 1. The second-order valence-corrected chi connectivity index (χ2v) is 4.65. The molecular formula is C12H20O4. The van der Waals surface area contributed by atoms with E-state index in [0.29, 0.717) is 24.0 Å². The second kappa shape index (κ2) is 6.53. The summed E-state index contributed by atoms with van der Waals surface area (Å²) in [6.07, 6.45) is 6.09. The molecule has 0 aromatic heterocycles. The molecule has 4 heteroatoms. The number of carboxylic acid groups (broad SMARTS) is 1. The lowest BCUT2D eigenvalue weighted by Crippen LogP contribution is -2.16. The van der Waals surface area contributed by atoms with Gasteiger partial charge in [0, 0.05) is 12.8 Å². The molecule has 1 fully saturated rings. The summed E-state index contributed by atoms with van der Waals surface area (Å²) in [6.45, 7) is 3.60. The molecule has 1 rings (SSSR count). The lowest BCUT2D eigenvalue weighted by Gasteiger charge is -2.28. The van der Waals surface area contributed by atoms with E-state index >= 15 is 0 Å². The van der Waals surface area contributed by atoms with Crippen LogP contribution in [-0.4, -0.2) is 16.3 Å². The van der Waals surface area contributed by atoms with E-state index in [-0.39, 0.29) is 6.42 Å². The van der Waals surface area contributed by atoms with E-state index in [1.54, 1.807) is 0 Å². The molecule has 0 radical (unpaired) electrons. The molecule has 0 aromatic carbocycles. The van der Waals surface area contributed by atoms with Gasteiger partial charge in [0.05, 0.1) is 0 Å². The van der Waals surface area contributed by atoms with E-state index < -0.39 is 5.97 Å². The summed E-state index contributed by atoms with van der Waals surface area (Å²) in [7, 11) is 0. The maximum Gasteiger partial charge on any atom is 0.303 e. The normalized spacial score (nSPS) is 25.1. The number of hydrogen-bond donors (Lipinski definition) is 2. The summed E-state index contributed by atoms with van der Waals surface area (Å²) in [5.41, 5.74) is 0. The minimum absolute atomic E-state index is 0.280. The molecule has 1 saturated carbocycles. The minimum Gasteiger partial charge on any atom is -0.481 e. The lowest BCUT2D eigenvalue weighted by molar-refractivity contribution is -0.206. The molecule has 4 nitrogen and oxygen atoms in total. The van der Waals surface area contributed by atoms with Crippen LogP contribution in [0.3, 0.4) is 0 Å². The third-order valence-electron chi connectivity index (χ3n) is 3.38. The van der Waals surface area contributed by atoms with E-state index in [1.165, 1.54) is 0 Å². The van der Waals surface area contributed by atoms with Gasteiger partial charge in [-0.25, -0.2) is 5.26 Å². The SMILES string of the molecule is C=C(CC1CCC(CCC(=O)O)CC1)OO. The van der Waals surface area contributed by atoms with E-state index in [9.17, 15) is 4.79 Å². The van der Waals surface area contributed by atoms with Gasteiger partial charge in [0.1, 0.15) is 5.76 Å². The maximum absolute atomic E-state index is 10.4. The number of allylic oxidation sites excluding steroid dienone is 1. The first-order valence-corrected chi connectivity index (χ1v) is 5.82. The van der Waals surface area contributed by atoms with Crippen LogP contribution >= 0.6 is 0 Å². The topological polar surface area (TPSA) is 66.8 Å². The highest BCUT2D eigenvalue weighted by molar-refractivity contribution is 5.66. The second-order valence-electron chi connectivity index (χ2n) is 4.65. The average molecular weight is 228 g/mol. The molecule has 0 unspecified atom stereocenters. The summed E-state index contributed by atoms with van der Waals surface area (Å²) in [6, 6.07) is 0. The molecule has 0 atom stereocenters. The first-order chi connectivity index (χ1) is 7.61. The molecule has 2 N–H and O–H groups in total. The number of carbonyl (C=O) groups is 1. The minimum atomic E-state index is -0.704. The maximum atomic E-state index is 10.4. The molecule has 0 amide bonds. The van der Waals surface area contributed by atoms with Gasteiger partial charge in [-0.3, -0.25) is 4.79 Å². The van der Waals surface area contributed by atoms with Crippen molar-refractivity contribution in [1.82, 2.24) is 0 Å². The van der Waals surface area contributed by atoms with Gasteiger partial charge >= 0.3 is 5.97 Å². The Morgan fingerprint density at radius 2 is 1.81 bits per heavy atom. The van der Waals surface area contributed by atoms with Crippen LogP contribution in [0.5, 0.6) is 0 Å². The molecule has 16 heavy (non-hydrogen) atoms. The van der Waals surface area contributed by atoms with Crippen molar-refractivity contribution in [2.24, 2.45) is 11.8 Å². The Morgan fingerprint density at radius 3 is 2.31 bits per heavy atom. The van der Waals surface area contributed by atoms with E-state index in [1.807, 2.05) is 0 Å². The Kier molecular flexibility index (Phi) is 5.32. The largest absolute Gasteiger partial charge is 0.481 e. The van der Waals surface area contributed by atoms with Crippen LogP contribution in [0, 0.1) is 11.8 Å². The third kappa shape index (κ3) is 4.66. The summed E-state index contributed by atoms with van der Waals surface area (Å²) in [5.74, 6) is 0.801. The van der Waals surface area contributed by atoms with Crippen LogP contribution in [-0.2, 0) is 9.68 Å². The Hall–Kier alpha value is -1.03. The van der Waals surface area contributed by atoms with Crippen molar-refractivity contribution in [2.75, 3.05) is 0 Å². The lowest BCUT2D eigenvalue weighted by atomic mass is 9.78. The molecule has 0 saturated heterocycles. The molecule has 0 spiro atoms. The average Bonchev–Trinajstić information content (AvgIpc) is 2.28. The smallest absolute Gasteiger partial charge is 0.303 e. The molecule has 1 aliphatic carbocycles.